The Hall–Kier alpha value is -1.75. The highest BCUT2D eigenvalue weighted by Gasteiger charge is 2.28. The summed E-state index contributed by atoms with van der Waals surface area (Å²) in [5.74, 6) is 1.06. The molecule has 1 aromatic carbocycles. The molecule has 2 rings (SSSR count). The number of piperazine rings is 1. The summed E-state index contributed by atoms with van der Waals surface area (Å²) in [7, 11) is 3.12. The van der Waals surface area contributed by atoms with Crippen molar-refractivity contribution in [3.05, 3.63) is 23.8 Å². The molecule has 1 aliphatic heterocycles. The number of nitrogens with one attached hydrogen (secondary N) is 1. The second-order valence-electron chi connectivity index (χ2n) is 4.59. The number of benzene rings is 1. The molecule has 1 N–H and O–H groups in total. The van der Waals surface area contributed by atoms with Crippen LogP contribution in [-0.2, 0) is 0 Å². The molecule has 5 nitrogen and oxygen atoms in total. The minimum Gasteiger partial charge on any atom is -0.496 e. The maximum atomic E-state index is 12.7. The maximum absolute atomic E-state index is 12.7. The Morgan fingerprint density at radius 1 is 1.32 bits per heavy atom. The smallest absolute Gasteiger partial charge is 0.261 e. The predicted octanol–water partition coefficient (Wildman–Crippen LogP) is 1.14. The third-order valence-electron chi connectivity index (χ3n) is 3.40. The van der Waals surface area contributed by atoms with E-state index in [2.05, 4.69) is 5.32 Å². The highest BCUT2D eigenvalue weighted by atomic mass is 16.5. The van der Waals surface area contributed by atoms with Crippen LogP contribution in [0.1, 0.15) is 17.3 Å². The molecule has 0 spiro atoms. The zero-order valence-corrected chi connectivity index (χ0v) is 11.6. The molecule has 1 atom stereocenters. The molecule has 0 saturated carbocycles. The van der Waals surface area contributed by atoms with E-state index in [4.69, 9.17) is 9.47 Å². The number of ether oxygens (including phenoxy) is 2. The van der Waals surface area contributed by atoms with Crippen LogP contribution in [0.4, 0.5) is 0 Å². The minimum atomic E-state index is -0.0386. The van der Waals surface area contributed by atoms with Crippen LogP contribution in [-0.4, -0.2) is 50.7 Å². The first kappa shape index (κ1) is 13.7. The molecule has 0 aromatic heterocycles. The molecule has 0 radical (unpaired) electrons. The number of rotatable bonds is 3. The van der Waals surface area contributed by atoms with Crippen LogP contribution in [0.3, 0.4) is 0 Å². The van der Waals surface area contributed by atoms with Crippen molar-refractivity contribution in [3.63, 3.8) is 0 Å². The van der Waals surface area contributed by atoms with Crippen LogP contribution in [0.15, 0.2) is 18.2 Å². The average Bonchev–Trinajstić information content (AvgIpc) is 2.46. The molecule has 1 heterocycles. The van der Waals surface area contributed by atoms with Crippen LogP contribution >= 0.6 is 0 Å². The van der Waals surface area contributed by atoms with Crippen molar-refractivity contribution in [1.29, 1.82) is 0 Å². The van der Waals surface area contributed by atoms with Crippen molar-refractivity contribution in [2.75, 3.05) is 33.9 Å². The van der Waals surface area contributed by atoms with Gasteiger partial charge in [-0.15, -0.1) is 0 Å². The third kappa shape index (κ3) is 2.66. The predicted molar refractivity (Wildman–Crippen MR) is 72.9 cm³/mol. The lowest BCUT2D eigenvalue weighted by molar-refractivity contribution is 0.0649. The van der Waals surface area contributed by atoms with E-state index in [-0.39, 0.29) is 11.9 Å². The Bertz CT molecular complexity index is 440. The molecule has 19 heavy (non-hydrogen) atoms. The molecular weight excluding hydrogens is 244 g/mol. The van der Waals surface area contributed by atoms with E-state index < -0.39 is 0 Å². The fourth-order valence-electron chi connectivity index (χ4n) is 2.35. The highest BCUT2D eigenvalue weighted by molar-refractivity contribution is 6.00. The normalized spacial score (nSPS) is 19.1. The second-order valence-corrected chi connectivity index (χ2v) is 4.59. The lowest BCUT2D eigenvalue weighted by Crippen LogP contribution is -2.52. The van der Waals surface area contributed by atoms with Gasteiger partial charge in [0.2, 0.25) is 0 Å². The topological polar surface area (TPSA) is 50.8 Å². The fourth-order valence-corrected chi connectivity index (χ4v) is 2.35. The number of nitrogens with zero attached hydrogens (tertiary/aromatic N) is 1. The average molecular weight is 264 g/mol. The number of hydrogen-bond acceptors (Lipinski definition) is 4. The molecule has 5 heteroatoms. The Kier molecular flexibility index (Phi) is 4.27. The van der Waals surface area contributed by atoms with E-state index in [0.29, 0.717) is 23.6 Å². The van der Waals surface area contributed by atoms with Crippen LogP contribution in [0.25, 0.3) is 0 Å². The first-order valence-corrected chi connectivity index (χ1v) is 6.41. The number of amides is 1. The molecule has 0 bridgehead atoms. The molecule has 1 aliphatic rings. The second kappa shape index (κ2) is 5.93. The Labute approximate surface area is 113 Å². The number of carbonyl (C=O) groups excluding carboxylic acids is 1. The Balaban J connectivity index is 2.36. The van der Waals surface area contributed by atoms with Gasteiger partial charge in [0.15, 0.2) is 0 Å². The van der Waals surface area contributed by atoms with Crippen molar-refractivity contribution in [2.24, 2.45) is 0 Å². The van der Waals surface area contributed by atoms with Gasteiger partial charge in [-0.3, -0.25) is 4.79 Å². The summed E-state index contributed by atoms with van der Waals surface area (Å²) in [5, 5.41) is 3.27. The molecule has 1 aromatic rings. The standard InChI is InChI=1S/C14H20N2O3/c1-10-9-15-7-8-16(10)14(17)13-11(18-2)5-4-6-12(13)19-3/h4-6,10,15H,7-9H2,1-3H3/t10-/m1/s1. The molecule has 1 fully saturated rings. The van der Waals surface area contributed by atoms with Gasteiger partial charge >= 0.3 is 0 Å². The van der Waals surface area contributed by atoms with E-state index in [9.17, 15) is 4.79 Å². The van der Waals surface area contributed by atoms with Crippen LogP contribution < -0.4 is 14.8 Å². The lowest BCUT2D eigenvalue weighted by Gasteiger charge is -2.34. The number of methoxy groups -OCH3 is 2. The van der Waals surface area contributed by atoms with Gasteiger partial charge in [-0.1, -0.05) is 6.07 Å². The van der Waals surface area contributed by atoms with Crippen molar-refractivity contribution in [1.82, 2.24) is 10.2 Å². The summed E-state index contributed by atoms with van der Waals surface area (Å²) in [4.78, 5) is 14.6. The van der Waals surface area contributed by atoms with Crippen molar-refractivity contribution in [2.45, 2.75) is 13.0 Å². The maximum Gasteiger partial charge on any atom is 0.261 e. The van der Waals surface area contributed by atoms with Crippen molar-refractivity contribution in [3.8, 4) is 11.5 Å². The fraction of sp³-hybridized carbons (Fsp3) is 0.500. The van der Waals surface area contributed by atoms with Gasteiger partial charge in [0, 0.05) is 25.7 Å². The number of hydrogen-bond donors (Lipinski definition) is 1. The zero-order chi connectivity index (χ0) is 13.8. The van der Waals surface area contributed by atoms with Gasteiger partial charge in [-0.2, -0.15) is 0 Å². The van der Waals surface area contributed by atoms with Gasteiger partial charge in [0.25, 0.3) is 5.91 Å². The quantitative estimate of drug-likeness (QED) is 0.889. The van der Waals surface area contributed by atoms with Gasteiger partial charge < -0.3 is 19.7 Å². The lowest BCUT2D eigenvalue weighted by atomic mass is 10.1. The van der Waals surface area contributed by atoms with E-state index in [0.717, 1.165) is 13.1 Å². The van der Waals surface area contributed by atoms with Crippen LogP contribution in [0.5, 0.6) is 11.5 Å². The van der Waals surface area contributed by atoms with Gasteiger partial charge in [-0.25, -0.2) is 0 Å². The van der Waals surface area contributed by atoms with E-state index >= 15 is 0 Å². The molecule has 1 amide bonds. The van der Waals surface area contributed by atoms with E-state index in [1.54, 1.807) is 26.4 Å². The van der Waals surface area contributed by atoms with E-state index in [1.807, 2.05) is 17.9 Å². The highest BCUT2D eigenvalue weighted by Crippen LogP contribution is 2.30. The molecule has 0 aliphatic carbocycles. The Morgan fingerprint density at radius 2 is 1.95 bits per heavy atom. The minimum absolute atomic E-state index is 0.0386. The zero-order valence-electron chi connectivity index (χ0n) is 11.6. The summed E-state index contributed by atoms with van der Waals surface area (Å²) in [6, 6.07) is 5.54. The summed E-state index contributed by atoms with van der Waals surface area (Å²) in [6.07, 6.45) is 0. The summed E-state index contributed by atoms with van der Waals surface area (Å²) >= 11 is 0. The van der Waals surface area contributed by atoms with Crippen molar-refractivity contribution >= 4 is 5.91 Å². The SMILES string of the molecule is COc1cccc(OC)c1C(=O)N1CCNC[C@H]1C. The summed E-state index contributed by atoms with van der Waals surface area (Å²) < 4.78 is 10.6. The first-order valence-electron chi connectivity index (χ1n) is 6.41. The first-order chi connectivity index (χ1) is 9.19. The van der Waals surface area contributed by atoms with Gasteiger partial charge in [-0.05, 0) is 19.1 Å². The monoisotopic (exact) mass is 264 g/mol. The van der Waals surface area contributed by atoms with Crippen molar-refractivity contribution < 1.29 is 14.3 Å². The Morgan fingerprint density at radius 3 is 2.47 bits per heavy atom. The summed E-state index contributed by atoms with van der Waals surface area (Å²) in [6.45, 7) is 4.35. The number of carbonyl (C=O) groups is 1. The largest absolute Gasteiger partial charge is 0.496 e. The van der Waals surface area contributed by atoms with Crippen LogP contribution in [0, 0.1) is 0 Å². The third-order valence-corrected chi connectivity index (χ3v) is 3.40. The molecule has 0 unspecified atom stereocenters. The van der Waals surface area contributed by atoms with Gasteiger partial charge in [0.1, 0.15) is 17.1 Å². The van der Waals surface area contributed by atoms with Gasteiger partial charge in [0.05, 0.1) is 14.2 Å². The molecule has 1 saturated heterocycles. The molecule has 104 valence electrons. The molecular formula is C14H20N2O3. The summed E-state index contributed by atoms with van der Waals surface area (Å²) in [5.41, 5.74) is 0.501. The van der Waals surface area contributed by atoms with Crippen LogP contribution in [0.2, 0.25) is 0 Å². The van der Waals surface area contributed by atoms with E-state index in [1.165, 1.54) is 0 Å².